The van der Waals surface area contributed by atoms with Crippen molar-refractivity contribution in [1.82, 2.24) is 4.90 Å². The lowest BCUT2D eigenvalue weighted by atomic mass is 10.0. The lowest BCUT2D eigenvalue weighted by molar-refractivity contribution is 0.0958. The summed E-state index contributed by atoms with van der Waals surface area (Å²) in [7, 11) is -1.81. The van der Waals surface area contributed by atoms with Crippen LogP contribution in [0, 0.1) is 0 Å². The van der Waals surface area contributed by atoms with Crippen LogP contribution in [0.2, 0.25) is 0 Å². The summed E-state index contributed by atoms with van der Waals surface area (Å²) in [5, 5.41) is 9.37. The number of likely N-dealkylation sites (tertiary alicyclic amines) is 1. The first-order valence-electron chi connectivity index (χ1n) is 7.28. The fourth-order valence-corrected chi connectivity index (χ4v) is 4.00. The molecule has 6 heteroatoms. The van der Waals surface area contributed by atoms with Gasteiger partial charge in [-0.1, -0.05) is 12.5 Å². The topological polar surface area (TPSA) is 66.8 Å². The Morgan fingerprint density at radius 3 is 2.90 bits per heavy atom. The summed E-state index contributed by atoms with van der Waals surface area (Å²) >= 11 is 0. The van der Waals surface area contributed by atoms with Crippen LogP contribution in [-0.2, 0) is 9.84 Å². The number of hydrogen-bond donors (Lipinski definition) is 1. The van der Waals surface area contributed by atoms with Crippen LogP contribution in [0.3, 0.4) is 0 Å². The minimum atomic E-state index is -3.33. The molecule has 1 aromatic carbocycles. The zero-order valence-electron chi connectivity index (χ0n) is 12.4. The molecule has 118 valence electrons. The summed E-state index contributed by atoms with van der Waals surface area (Å²) < 4.78 is 29.9. The molecule has 1 aromatic rings. The van der Waals surface area contributed by atoms with E-state index in [-0.39, 0.29) is 18.4 Å². The number of nitrogens with zero attached hydrogens (tertiary/aromatic N) is 1. The molecular formula is C15H23NO4S. The van der Waals surface area contributed by atoms with E-state index in [0.29, 0.717) is 17.2 Å². The summed E-state index contributed by atoms with van der Waals surface area (Å²) in [5.41, 5.74) is 0. The van der Waals surface area contributed by atoms with E-state index in [9.17, 15) is 13.5 Å². The largest absolute Gasteiger partial charge is 0.497 e. The molecule has 1 saturated heterocycles. The first-order valence-corrected chi connectivity index (χ1v) is 8.94. The maximum Gasteiger partial charge on any atom is 0.179 e. The molecule has 1 N–H and O–H groups in total. The molecule has 0 amide bonds. The number of ether oxygens (including phenoxy) is 1. The van der Waals surface area contributed by atoms with E-state index in [2.05, 4.69) is 4.90 Å². The average molecular weight is 313 g/mol. The second-order valence-electron chi connectivity index (χ2n) is 5.37. The van der Waals surface area contributed by atoms with Gasteiger partial charge >= 0.3 is 0 Å². The van der Waals surface area contributed by atoms with Gasteiger partial charge in [0.2, 0.25) is 0 Å². The van der Waals surface area contributed by atoms with E-state index in [1.807, 2.05) is 0 Å². The zero-order chi connectivity index (χ0) is 15.3. The van der Waals surface area contributed by atoms with Crippen molar-refractivity contribution >= 4 is 9.84 Å². The van der Waals surface area contributed by atoms with Crippen molar-refractivity contribution in [3.8, 4) is 5.75 Å². The lowest BCUT2D eigenvalue weighted by Crippen LogP contribution is -2.44. The fourth-order valence-electron chi connectivity index (χ4n) is 2.71. The minimum absolute atomic E-state index is 0.0661. The van der Waals surface area contributed by atoms with Gasteiger partial charge in [0.25, 0.3) is 0 Å². The third kappa shape index (κ3) is 4.18. The summed E-state index contributed by atoms with van der Waals surface area (Å²) in [5.74, 6) is 0.610. The van der Waals surface area contributed by atoms with Crippen molar-refractivity contribution < 1.29 is 18.3 Å². The Morgan fingerprint density at radius 2 is 2.19 bits per heavy atom. The number of benzene rings is 1. The highest BCUT2D eigenvalue weighted by Gasteiger charge is 2.24. The maximum absolute atomic E-state index is 12.4. The summed E-state index contributed by atoms with van der Waals surface area (Å²) in [4.78, 5) is 2.38. The van der Waals surface area contributed by atoms with E-state index in [1.165, 1.54) is 7.11 Å². The summed E-state index contributed by atoms with van der Waals surface area (Å²) in [6, 6.07) is 6.65. The molecule has 0 unspecified atom stereocenters. The standard InChI is InChI=1S/C15H23NO4S/c1-20-14-6-4-7-15(11-14)21(18,19)10-9-16-8-3-2-5-13(16)12-17/h4,6-7,11,13,17H,2-3,5,8-10,12H2,1H3/t13-/m0/s1. The molecule has 0 aromatic heterocycles. The van der Waals surface area contributed by atoms with Gasteiger partial charge in [-0.2, -0.15) is 0 Å². The summed E-state index contributed by atoms with van der Waals surface area (Å²) in [6.45, 7) is 1.42. The predicted octanol–water partition coefficient (Wildman–Crippen LogP) is 1.32. The molecule has 1 fully saturated rings. The monoisotopic (exact) mass is 313 g/mol. The number of sulfone groups is 1. The molecule has 0 aliphatic carbocycles. The van der Waals surface area contributed by atoms with Gasteiger partial charge in [-0.3, -0.25) is 4.90 Å². The molecule has 21 heavy (non-hydrogen) atoms. The van der Waals surface area contributed by atoms with Gasteiger partial charge in [-0.15, -0.1) is 0 Å². The van der Waals surface area contributed by atoms with Gasteiger partial charge in [0, 0.05) is 12.6 Å². The highest BCUT2D eigenvalue weighted by atomic mass is 32.2. The minimum Gasteiger partial charge on any atom is -0.497 e. The van der Waals surface area contributed by atoms with Crippen LogP contribution in [0.5, 0.6) is 5.75 Å². The Morgan fingerprint density at radius 1 is 1.38 bits per heavy atom. The van der Waals surface area contributed by atoms with Crippen molar-refractivity contribution in [2.75, 3.05) is 32.6 Å². The van der Waals surface area contributed by atoms with E-state index < -0.39 is 9.84 Å². The van der Waals surface area contributed by atoms with Gasteiger partial charge in [0.15, 0.2) is 9.84 Å². The summed E-state index contributed by atoms with van der Waals surface area (Å²) in [6.07, 6.45) is 3.11. The van der Waals surface area contributed by atoms with Crippen LogP contribution in [-0.4, -0.2) is 57.0 Å². The third-order valence-corrected chi connectivity index (χ3v) is 5.70. The quantitative estimate of drug-likeness (QED) is 0.858. The molecule has 0 saturated carbocycles. The van der Waals surface area contributed by atoms with Crippen molar-refractivity contribution in [1.29, 1.82) is 0 Å². The van der Waals surface area contributed by atoms with Crippen molar-refractivity contribution in [2.24, 2.45) is 0 Å². The molecule has 0 bridgehead atoms. The van der Waals surface area contributed by atoms with Gasteiger partial charge in [0.1, 0.15) is 5.75 Å². The highest BCUT2D eigenvalue weighted by molar-refractivity contribution is 7.91. The maximum atomic E-state index is 12.4. The van der Waals surface area contributed by atoms with Crippen LogP contribution in [0.25, 0.3) is 0 Å². The highest BCUT2D eigenvalue weighted by Crippen LogP contribution is 2.20. The molecule has 1 aliphatic heterocycles. The number of piperidine rings is 1. The lowest BCUT2D eigenvalue weighted by Gasteiger charge is -2.34. The Hall–Kier alpha value is -1.11. The first-order chi connectivity index (χ1) is 10.1. The number of methoxy groups -OCH3 is 1. The Bertz CT molecular complexity index is 559. The van der Waals surface area contributed by atoms with Gasteiger partial charge in [-0.05, 0) is 37.6 Å². The van der Waals surface area contributed by atoms with Gasteiger partial charge < -0.3 is 9.84 Å². The van der Waals surface area contributed by atoms with Crippen LogP contribution in [0.4, 0.5) is 0 Å². The van der Waals surface area contributed by atoms with E-state index in [0.717, 1.165) is 25.8 Å². The number of aliphatic hydroxyl groups excluding tert-OH is 1. The van der Waals surface area contributed by atoms with E-state index >= 15 is 0 Å². The van der Waals surface area contributed by atoms with Crippen molar-refractivity contribution in [2.45, 2.75) is 30.2 Å². The Kier molecular flexibility index (Phi) is 5.61. The molecule has 1 atom stereocenters. The smallest absolute Gasteiger partial charge is 0.179 e. The van der Waals surface area contributed by atoms with Crippen molar-refractivity contribution in [3.05, 3.63) is 24.3 Å². The second kappa shape index (κ2) is 7.24. The van der Waals surface area contributed by atoms with Gasteiger partial charge in [-0.25, -0.2) is 8.42 Å². The van der Waals surface area contributed by atoms with Crippen LogP contribution < -0.4 is 4.74 Å². The van der Waals surface area contributed by atoms with Gasteiger partial charge in [0.05, 0.1) is 24.4 Å². The second-order valence-corrected chi connectivity index (χ2v) is 7.48. The number of hydrogen-bond acceptors (Lipinski definition) is 5. The molecular weight excluding hydrogens is 290 g/mol. The van der Waals surface area contributed by atoms with E-state index in [1.54, 1.807) is 24.3 Å². The Balaban J connectivity index is 2.03. The van der Waals surface area contributed by atoms with Crippen LogP contribution in [0.1, 0.15) is 19.3 Å². The fraction of sp³-hybridized carbons (Fsp3) is 0.600. The van der Waals surface area contributed by atoms with Crippen molar-refractivity contribution in [3.63, 3.8) is 0 Å². The Labute approximate surface area is 126 Å². The normalized spacial score (nSPS) is 20.4. The molecule has 2 rings (SSSR count). The number of rotatable bonds is 6. The van der Waals surface area contributed by atoms with Crippen LogP contribution in [0.15, 0.2) is 29.2 Å². The van der Waals surface area contributed by atoms with Crippen LogP contribution >= 0.6 is 0 Å². The zero-order valence-corrected chi connectivity index (χ0v) is 13.2. The molecule has 0 radical (unpaired) electrons. The molecule has 1 aliphatic rings. The molecule has 5 nitrogen and oxygen atoms in total. The number of aliphatic hydroxyl groups is 1. The molecule has 0 spiro atoms. The average Bonchev–Trinajstić information content (AvgIpc) is 2.53. The first kappa shape index (κ1) is 16.3. The third-order valence-electron chi connectivity index (χ3n) is 4.01. The van der Waals surface area contributed by atoms with E-state index in [4.69, 9.17) is 4.74 Å². The molecule has 1 heterocycles. The predicted molar refractivity (Wildman–Crippen MR) is 81.3 cm³/mol. The SMILES string of the molecule is COc1cccc(S(=O)(=O)CCN2CCCC[C@H]2CO)c1.